The van der Waals surface area contributed by atoms with Crippen LogP contribution in [0.2, 0.25) is 0 Å². The van der Waals surface area contributed by atoms with Crippen molar-refractivity contribution in [3.8, 4) is 0 Å². The molecule has 0 saturated heterocycles. The number of nitrogens with two attached hydrogens (primary N) is 1. The molecule has 1 aromatic rings. The van der Waals surface area contributed by atoms with Gasteiger partial charge in [0.2, 0.25) is 0 Å². The van der Waals surface area contributed by atoms with Crippen LogP contribution >= 0.6 is 0 Å². The Labute approximate surface area is 120 Å². The van der Waals surface area contributed by atoms with E-state index in [0.717, 1.165) is 18.2 Å². The molecule has 3 atom stereocenters. The highest BCUT2D eigenvalue weighted by molar-refractivity contribution is 5.95. The van der Waals surface area contributed by atoms with Crippen LogP contribution in [0.5, 0.6) is 0 Å². The first-order chi connectivity index (χ1) is 9.93. The van der Waals surface area contributed by atoms with E-state index in [1.54, 1.807) is 0 Å². The van der Waals surface area contributed by atoms with Crippen LogP contribution in [0.4, 0.5) is 10.1 Å². The number of halogens is 1. The van der Waals surface area contributed by atoms with E-state index in [9.17, 15) is 19.3 Å². The van der Waals surface area contributed by atoms with E-state index < -0.39 is 22.3 Å². The largest absolute Gasteiger partial charge is 0.376 e. The summed E-state index contributed by atoms with van der Waals surface area (Å²) in [5.41, 5.74) is 5.13. The molecule has 0 aliphatic heterocycles. The lowest BCUT2D eigenvalue weighted by Crippen LogP contribution is -2.64. The molecule has 0 spiro atoms. The smallest absolute Gasteiger partial charge is 0.272 e. The molecule has 7 nitrogen and oxygen atoms in total. The minimum atomic E-state index is -0.942. The SMILES string of the molecule is CCOC1CC(N)C1NC(=O)c1ccc([N+](=O)[O-])cc1F. The van der Waals surface area contributed by atoms with Crippen molar-refractivity contribution in [2.45, 2.75) is 31.5 Å². The normalized spacial score (nSPS) is 24.2. The fourth-order valence-electron chi connectivity index (χ4n) is 2.26. The Balaban J connectivity index is 2.08. The minimum absolute atomic E-state index is 0.185. The third-order valence-electron chi connectivity index (χ3n) is 3.45. The van der Waals surface area contributed by atoms with Gasteiger partial charge in [-0.1, -0.05) is 0 Å². The van der Waals surface area contributed by atoms with Crippen molar-refractivity contribution in [2.75, 3.05) is 6.61 Å². The topological polar surface area (TPSA) is 107 Å². The fourth-order valence-corrected chi connectivity index (χ4v) is 2.26. The molecule has 1 aromatic carbocycles. The zero-order chi connectivity index (χ0) is 15.6. The van der Waals surface area contributed by atoms with E-state index in [1.165, 1.54) is 0 Å². The molecule has 0 heterocycles. The maximum atomic E-state index is 13.7. The monoisotopic (exact) mass is 297 g/mol. The van der Waals surface area contributed by atoms with Crippen LogP contribution in [0.1, 0.15) is 23.7 Å². The van der Waals surface area contributed by atoms with Crippen molar-refractivity contribution in [1.82, 2.24) is 5.32 Å². The minimum Gasteiger partial charge on any atom is -0.376 e. The van der Waals surface area contributed by atoms with Gasteiger partial charge in [-0.15, -0.1) is 0 Å². The molecule has 2 rings (SSSR count). The van der Waals surface area contributed by atoms with Gasteiger partial charge in [-0.3, -0.25) is 14.9 Å². The van der Waals surface area contributed by atoms with Crippen LogP contribution in [0.25, 0.3) is 0 Å². The fraction of sp³-hybridized carbons (Fsp3) is 0.462. The van der Waals surface area contributed by atoms with Gasteiger partial charge < -0.3 is 15.8 Å². The molecule has 1 fully saturated rings. The van der Waals surface area contributed by atoms with Gasteiger partial charge in [0.05, 0.1) is 28.7 Å². The van der Waals surface area contributed by atoms with E-state index in [-0.39, 0.29) is 23.8 Å². The maximum Gasteiger partial charge on any atom is 0.272 e. The summed E-state index contributed by atoms with van der Waals surface area (Å²) in [6.45, 7) is 2.33. The summed E-state index contributed by atoms with van der Waals surface area (Å²) in [6, 6.07) is 2.26. The third-order valence-corrected chi connectivity index (χ3v) is 3.45. The van der Waals surface area contributed by atoms with Crippen molar-refractivity contribution in [3.05, 3.63) is 39.7 Å². The van der Waals surface area contributed by atoms with Crippen LogP contribution in [-0.2, 0) is 4.74 Å². The van der Waals surface area contributed by atoms with Gasteiger partial charge in [-0.05, 0) is 19.4 Å². The molecule has 21 heavy (non-hydrogen) atoms. The number of carbonyl (C=O) groups excluding carboxylic acids is 1. The molecule has 3 unspecified atom stereocenters. The molecule has 1 aliphatic carbocycles. The predicted octanol–water partition coefficient (Wildman–Crippen LogP) is 0.968. The molecule has 3 N–H and O–H groups in total. The quantitative estimate of drug-likeness (QED) is 0.622. The third kappa shape index (κ3) is 3.17. The molecule has 0 aromatic heterocycles. The van der Waals surface area contributed by atoms with Gasteiger partial charge in [0.1, 0.15) is 5.82 Å². The highest BCUT2D eigenvalue weighted by atomic mass is 19.1. The number of nitrogens with one attached hydrogen (secondary N) is 1. The standard InChI is InChI=1S/C13H16FN3O4/c1-2-21-11-6-10(15)12(11)16-13(18)8-4-3-7(17(19)20)5-9(8)14/h3-5,10-12H,2,6,15H2,1H3,(H,16,18). The Morgan fingerprint density at radius 2 is 2.33 bits per heavy atom. The summed E-state index contributed by atoms with van der Waals surface area (Å²) in [4.78, 5) is 21.8. The lowest BCUT2D eigenvalue weighted by Gasteiger charge is -2.42. The first-order valence-corrected chi connectivity index (χ1v) is 6.56. The predicted molar refractivity (Wildman–Crippen MR) is 72.3 cm³/mol. The highest BCUT2D eigenvalue weighted by Gasteiger charge is 2.40. The van der Waals surface area contributed by atoms with Crippen molar-refractivity contribution in [2.24, 2.45) is 5.73 Å². The van der Waals surface area contributed by atoms with E-state index in [4.69, 9.17) is 10.5 Å². The second-order valence-electron chi connectivity index (χ2n) is 4.81. The van der Waals surface area contributed by atoms with Gasteiger partial charge >= 0.3 is 0 Å². The lowest BCUT2D eigenvalue weighted by atomic mass is 9.83. The zero-order valence-corrected chi connectivity index (χ0v) is 11.4. The molecular formula is C13H16FN3O4. The first kappa shape index (κ1) is 15.3. The number of ether oxygens (including phenoxy) is 1. The summed E-state index contributed by atoms with van der Waals surface area (Å²) in [6.07, 6.45) is 0.441. The van der Waals surface area contributed by atoms with Gasteiger partial charge in [0.25, 0.3) is 11.6 Å². The molecule has 1 amide bonds. The molecule has 114 valence electrons. The number of nitro groups is 1. The molecular weight excluding hydrogens is 281 g/mol. The Kier molecular flexibility index (Phi) is 4.49. The molecule has 1 saturated carbocycles. The Morgan fingerprint density at radius 1 is 1.62 bits per heavy atom. The van der Waals surface area contributed by atoms with Gasteiger partial charge in [0.15, 0.2) is 0 Å². The number of carbonyl (C=O) groups is 1. The van der Waals surface area contributed by atoms with Gasteiger partial charge in [-0.25, -0.2) is 4.39 Å². The number of nitro benzene ring substituents is 1. The molecule has 0 bridgehead atoms. The van der Waals surface area contributed by atoms with Crippen LogP contribution in [-0.4, -0.2) is 35.6 Å². The summed E-state index contributed by atoms with van der Waals surface area (Å²) in [7, 11) is 0. The zero-order valence-electron chi connectivity index (χ0n) is 11.4. The van der Waals surface area contributed by atoms with Crippen LogP contribution < -0.4 is 11.1 Å². The second-order valence-corrected chi connectivity index (χ2v) is 4.81. The van der Waals surface area contributed by atoms with Crippen molar-refractivity contribution < 1.29 is 18.8 Å². The molecule has 8 heteroatoms. The number of amides is 1. The van der Waals surface area contributed by atoms with Crippen LogP contribution in [0.3, 0.4) is 0 Å². The maximum absolute atomic E-state index is 13.7. The summed E-state index contributed by atoms with van der Waals surface area (Å²) in [5, 5.41) is 13.1. The summed E-state index contributed by atoms with van der Waals surface area (Å²) < 4.78 is 19.1. The lowest BCUT2D eigenvalue weighted by molar-refractivity contribution is -0.385. The van der Waals surface area contributed by atoms with Crippen molar-refractivity contribution >= 4 is 11.6 Å². The summed E-state index contributed by atoms with van der Waals surface area (Å²) >= 11 is 0. The number of benzene rings is 1. The van der Waals surface area contributed by atoms with Crippen LogP contribution in [0.15, 0.2) is 18.2 Å². The average Bonchev–Trinajstić information content (AvgIpc) is 2.44. The molecule has 1 aliphatic rings. The van der Waals surface area contributed by atoms with Crippen LogP contribution in [0, 0.1) is 15.9 Å². The second kappa shape index (κ2) is 6.15. The van der Waals surface area contributed by atoms with Gasteiger partial charge in [0, 0.05) is 18.7 Å². The number of hydrogen-bond donors (Lipinski definition) is 2. The number of nitrogens with zero attached hydrogens (tertiary/aromatic N) is 1. The average molecular weight is 297 g/mol. The summed E-state index contributed by atoms with van der Waals surface area (Å²) in [5.74, 6) is -1.60. The molecule has 0 radical (unpaired) electrons. The van der Waals surface area contributed by atoms with E-state index in [2.05, 4.69) is 5.32 Å². The Hall–Kier alpha value is -2.06. The Bertz CT molecular complexity index is 564. The number of rotatable bonds is 5. The Morgan fingerprint density at radius 3 is 2.86 bits per heavy atom. The van der Waals surface area contributed by atoms with E-state index in [0.29, 0.717) is 13.0 Å². The van der Waals surface area contributed by atoms with Crippen molar-refractivity contribution in [3.63, 3.8) is 0 Å². The number of hydrogen-bond acceptors (Lipinski definition) is 5. The van der Waals surface area contributed by atoms with E-state index >= 15 is 0 Å². The van der Waals surface area contributed by atoms with Gasteiger partial charge in [-0.2, -0.15) is 0 Å². The first-order valence-electron chi connectivity index (χ1n) is 6.56. The number of non-ortho nitro benzene ring substituents is 1. The van der Waals surface area contributed by atoms with Crippen molar-refractivity contribution in [1.29, 1.82) is 0 Å². The van der Waals surface area contributed by atoms with E-state index in [1.807, 2.05) is 6.92 Å². The highest BCUT2D eigenvalue weighted by Crippen LogP contribution is 2.23.